The minimum absolute atomic E-state index is 0.225. The summed E-state index contributed by atoms with van der Waals surface area (Å²) >= 11 is 0. The molecule has 0 saturated heterocycles. The van der Waals surface area contributed by atoms with E-state index < -0.39 is 12.1 Å². The summed E-state index contributed by atoms with van der Waals surface area (Å²) in [5.74, 6) is -0.559. The Hall–Kier alpha value is -3.60. The number of carboxylic acid groups (broad SMARTS) is 1. The largest absolute Gasteiger partial charge is 0.478 e. The molecule has 0 bridgehead atoms. The van der Waals surface area contributed by atoms with Crippen LogP contribution >= 0.6 is 0 Å². The number of benzene rings is 3. The molecule has 1 atom stereocenters. The topological polar surface area (TPSA) is 75.6 Å². The Morgan fingerprint density at radius 1 is 0.857 bits per heavy atom. The molecule has 0 saturated carbocycles. The van der Waals surface area contributed by atoms with E-state index in [1.54, 1.807) is 24.3 Å². The number of carbonyl (C=O) groups excluding carboxylic acids is 1. The van der Waals surface area contributed by atoms with E-state index in [1.165, 1.54) is 0 Å². The number of rotatable bonds is 8. The van der Waals surface area contributed by atoms with E-state index in [0.717, 1.165) is 11.1 Å². The molecular formula is C23H21NO4. The molecule has 3 aromatic rings. The van der Waals surface area contributed by atoms with Crippen molar-refractivity contribution in [1.29, 1.82) is 0 Å². The summed E-state index contributed by atoms with van der Waals surface area (Å²) in [5.41, 5.74) is 1.97. The first-order valence-electron chi connectivity index (χ1n) is 9.00. The number of hydrogen-bond donors (Lipinski definition) is 2. The maximum atomic E-state index is 12.8. The van der Waals surface area contributed by atoms with Crippen LogP contribution in [-0.2, 0) is 11.2 Å². The predicted octanol–water partition coefficient (Wildman–Crippen LogP) is 3.86. The monoisotopic (exact) mass is 375 g/mol. The van der Waals surface area contributed by atoms with Crippen molar-refractivity contribution in [3.63, 3.8) is 0 Å². The van der Waals surface area contributed by atoms with Gasteiger partial charge in [0.2, 0.25) is 6.10 Å². The van der Waals surface area contributed by atoms with Gasteiger partial charge in [-0.05, 0) is 36.2 Å². The Bertz CT molecular complexity index is 908. The molecule has 142 valence electrons. The molecule has 5 nitrogen and oxygen atoms in total. The third-order valence-electron chi connectivity index (χ3n) is 4.25. The Morgan fingerprint density at radius 3 is 2.07 bits per heavy atom. The van der Waals surface area contributed by atoms with Crippen molar-refractivity contribution in [1.82, 2.24) is 5.32 Å². The lowest BCUT2D eigenvalue weighted by Crippen LogP contribution is -2.33. The molecule has 0 aromatic heterocycles. The summed E-state index contributed by atoms with van der Waals surface area (Å²) in [6.45, 7) is 0.423. The number of ether oxygens (including phenoxy) is 1. The van der Waals surface area contributed by atoms with Crippen molar-refractivity contribution < 1.29 is 19.4 Å². The molecule has 0 unspecified atom stereocenters. The second kappa shape index (κ2) is 9.37. The van der Waals surface area contributed by atoms with Crippen LogP contribution in [0.5, 0.6) is 5.75 Å². The summed E-state index contributed by atoms with van der Waals surface area (Å²) in [5, 5.41) is 11.9. The molecule has 0 aliphatic heterocycles. The van der Waals surface area contributed by atoms with Crippen molar-refractivity contribution in [3.8, 4) is 5.75 Å². The molecule has 0 radical (unpaired) electrons. The first-order chi connectivity index (χ1) is 13.6. The van der Waals surface area contributed by atoms with Crippen molar-refractivity contribution in [2.45, 2.75) is 12.5 Å². The van der Waals surface area contributed by atoms with Gasteiger partial charge in [-0.3, -0.25) is 4.79 Å². The molecule has 0 heterocycles. The number of aromatic carboxylic acids is 1. The van der Waals surface area contributed by atoms with Gasteiger partial charge in [-0.1, -0.05) is 60.7 Å². The molecule has 3 rings (SSSR count). The summed E-state index contributed by atoms with van der Waals surface area (Å²) in [6, 6.07) is 25.2. The van der Waals surface area contributed by atoms with Crippen molar-refractivity contribution >= 4 is 11.9 Å². The third-order valence-corrected chi connectivity index (χ3v) is 4.25. The van der Waals surface area contributed by atoms with E-state index in [-0.39, 0.29) is 11.5 Å². The second-order valence-corrected chi connectivity index (χ2v) is 6.26. The van der Waals surface area contributed by atoms with Gasteiger partial charge < -0.3 is 15.2 Å². The maximum Gasteiger partial charge on any atom is 0.335 e. The van der Waals surface area contributed by atoms with Crippen molar-refractivity contribution in [2.75, 3.05) is 6.54 Å². The quantitative estimate of drug-likeness (QED) is 0.627. The minimum Gasteiger partial charge on any atom is -0.478 e. The maximum absolute atomic E-state index is 12.8. The zero-order valence-electron chi connectivity index (χ0n) is 15.2. The second-order valence-electron chi connectivity index (χ2n) is 6.26. The molecule has 3 aromatic carbocycles. The van der Waals surface area contributed by atoms with Crippen LogP contribution in [0.15, 0.2) is 84.9 Å². The summed E-state index contributed by atoms with van der Waals surface area (Å²) in [6.07, 6.45) is -0.156. The number of carbonyl (C=O) groups is 2. The molecule has 28 heavy (non-hydrogen) atoms. The van der Waals surface area contributed by atoms with Gasteiger partial charge in [0.15, 0.2) is 0 Å². The van der Waals surface area contributed by atoms with E-state index in [9.17, 15) is 9.59 Å². The van der Waals surface area contributed by atoms with Crippen LogP contribution in [0.25, 0.3) is 0 Å². The molecular weight excluding hydrogens is 354 g/mol. The van der Waals surface area contributed by atoms with Gasteiger partial charge >= 0.3 is 5.97 Å². The van der Waals surface area contributed by atoms with Crippen LogP contribution in [0.4, 0.5) is 0 Å². The summed E-state index contributed by atoms with van der Waals surface area (Å²) in [4.78, 5) is 23.7. The van der Waals surface area contributed by atoms with Crippen LogP contribution in [0, 0.1) is 0 Å². The number of nitrogens with one attached hydrogen (secondary N) is 1. The zero-order chi connectivity index (χ0) is 19.8. The fraction of sp³-hybridized carbons (Fsp3) is 0.130. The normalized spacial score (nSPS) is 11.4. The van der Waals surface area contributed by atoms with Gasteiger partial charge in [0.05, 0.1) is 5.56 Å². The highest BCUT2D eigenvalue weighted by atomic mass is 16.5. The van der Waals surface area contributed by atoms with Gasteiger partial charge in [0, 0.05) is 12.1 Å². The third kappa shape index (κ3) is 5.20. The Morgan fingerprint density at radius 2 is 1.46 bits per heavy atom. The number of hydrogen-bond acceptors (Lipinski definition) is 3. The minimum atomic E-state index is -0.955. The number of amides is 1. The number of para-hydroxylation sites is 1. The van der Waals surface area contributed by atoms with Crippen LogP contribution < -0.4 is 10.1 Å². The van der Waals surface area contributed by atoms with E-state index in [2.05, 4.69) is 5.32 Å². The summed E-state index contributed by atoms with van der Waals surface area (Å²) in [7, 11) is 0. The lowest BCUT2D eigenvalue weighted by Gasteiger charge is -2.19. The Kier molecular flexibility index (Phi) is 6.41. The Labute approximate surface area is 163 Å². The van der Waals surface area contributed by atoms with Gasteiger partial charge in [-0.25, -0.2) is 4.79 Å². The predicted molar refractivity (Wildman–Crippen MR) is 106 cm³/mol. The first-order valence-corrected chi connectivity index (χ1v) is 9.00. The first kappa shape index (κ1) is 19.2. The highest BCUT2D eigenvalue weighted by Gasteiger charge is 2.22. The fourth-order valence-corrected chi connectivity index (χ4v) is 2.77. The van der Waals surface area contributed by atoms with E-state index >= 15 is 0 Å². The van der Waals surface area contributed by atoms with Gasteiger partial charge in [0.25, 0.3) is 5.91 Å². The molecule has 2 N–H and O–H groups in total. The molecule has 0 aliphatic rings. The van der Waals surface area contributed by atoms with Crippen LogP contribution in [0.2, 0.25) is 0 Å². The average Bonchev–Trinajstić information content (AvgIpc) is 2.73. The van der Waals surface area contributed by atoms with Crippen molar-refractivity contribution in [2.24, 2.45) is 0 Å². The highest BCUT2D eigenvalue weighted by Crippen LogP contribution is 2.22. The Balaban J connectivity index is 1.63. The molecule has 0 spiro atoms. The van der Waals surface area contributed by atoms with Gasteiger partial charge in [-0.15, -0.1) is 0 Å². The summed E-state index contributed by atoms with van der Waals surface area (Å²) < 4.78 is 5.93. The van der Waals surface area contributed by atoms with Gasteiger partial charge in [-0.2, -0.15) is 0 Å². The average molecular weight is 375 g/mol. The molecule has 0 fully saturated rings. The van der Waals surface area contributed by atoms with Crippen molar-refractivity contribution in [3.05, 3.63) is 102 Å². The molecule has 5 heteroatoms. The molecule has 0 aliphatic carbocycles. The van der Waals surface area contributed by atoms with Gasteiger partial charge in [0.1, 0.15) is 5.75 Å². The fourth-order valence-electron chi connectivity index (χ4n) is 2.77. The SMILES string of the molecule is O=C(O)c1ccc(CCNC(=O)[C@H](Oc2ccccc2)c2ccccc2)cc1. The standard InChI is InChI=1S/C23H21NO4/c25-22(24-16-15-17-11-13-19(14-12-17)23(26)27)21(18-7-3-1-4-8-18)28-20-9-5-2-6-10-20/h1-14,21H,15-16H2,(H,24,25)(H,26,27)/t21-/m1/s1. The smallest absolute Gasteiger partial charge is 0.335 e. The zero-order valence-corrected chi connectivity index (χ0v) is 15.2. The van der Waals surface area contributed by atoms with E-state index in [1.807, 2.05) is 60.7 Å². The highest BCUT2D eigenvalue weighted by molar-refractivity contribution is 5.87. The van der Waals surface area contributed by atoms with Crippen LogP contribution in [0.1, 0.15) is 27.6 Å². The number of carboxylic acids is 1. The van der Waals surface area contributed by atoms with Crippen LogP contribution in [0.3, 0.4) is 0 Å². The van der Waals surface area contributed by atoms with E-state index in [4.69, 9.17) is 9.84 Å². The van der Waals surface area contributed by atoms with E-state index in [0.29, 0.717) is 18.7 Å². The lowest BCUT2D eigenvalue weighted by molar-refractivity contribution is -0.128. The molecule has 1 amide bonds. The lowest BCUT2D eigenvalue weighted by atomic mass is 10.1. The van der Waals surface area contributed by atoms with Crippen LogP contribution in [-0.4, -0.2) is 23.5 Å².